The average Bonchev–Trinajstić information content (AvgIpc) is 2.06. The molecule has 0 aliphatic heterocycles. The first-order chi connectivity index (χ1) is 7.28. The maximum atomic E-state index is 11.4. The summed E-state index contributed by atoms with van der Waals surface area (Å²) in [6, 6.07) is 5.01. The Hall–Kier alpha value is -1.71. The lowest BCUT2D eigenvalue weighted by Crippen LogP contribution is -2.27. The highest BCUT2D eigenvalue weighted by Crippen LogP contribution is 2.24. The lowest BCUT2D eigenvalue weighted by atomic mass is 10.2. The summed E-state index contributed by atoms with van der Waals surface area (Å²) in [4.78, 5) is 11.4. The second kappa shape index (κ2) is 4.43. The second-order valence-electron chi connectivity index (χ2n) is 4.65. The molecule has 0 unspecified atom stereocenters. The molecule has 1 rings (SSSR count). The maximum absolute atomic E-state index is 11.4. The third-order valence-electron chi connectivity index (χ3n) is 1.79. The van der Waals surface area contributed by atoms with E-state index in [2.05, 4.69) is 5.32 Å². The Balaban J connectivity index is 2.70. The third-order valence-corrected chi connectivity index (χ3v) is 1.79. The molecule has 0 aromatic heterocycles. The lowest BCUT2D eigenvalue weighted by molar-refractivity contribution is 0.0635. The van der Waals surface area contributed by atoms with Gasteiger partial charge in [-0.1, -0.05) is 6.07 Å². The predicted molar refractivity (Wildman–Crippen MR) is 62.7 cm³/mol. The number of benzene rings is 1. The van der Waals surface area contributed by atoms with E-state index in [0.29, 0.717) is 5.69 Å². The first-order valence-corrected chi connectivity index (χ1v) is 5.07. The predicted octanol–water partition coefficient (Wildman–Crippen LogP) is 3.05. The van der Waals surface area contributed by atoms with Crippen molar-refractivity contribution in [2.24, 2.45) is 0 Å². The molecule has 2 N–H and O–H groups in total. The van der Waals surface area contributed by atoms with E-state index in [4.69, 9.17) is 4.74 Å². The largest absolute Gasteiger partial charge is 0.506 e. The van der Waals surface area contributed by atoms with Crippen LogP contribution in [0.25, 0.3) is 0 Å². The fourth-order valence-corrected chi connectivity index (χ4v) is 1.16. The zero-order valence-electron chi connectivity index (χ0n) is 10.00. The van der Waals surface area contributed by atoms with Crippen LogP contribution in [0.2, 0.25) is 0 Å². The summed E-state index contributed by atoms with van der Waals surface area (Å²) in [5.74, 6) is 0.0332. The van der Waals surface area contributed by atoms with Gasteiger partial charge in [0.1, 0.15) is 11.4 Å². The number of phenolic OH excluding ortho intramolecular Hbond substituents is 1. The highest BCUT2D eigenvalue weighted by molar-refractivity contribution is 5.86. The van der Waals surface area contributed by atoms with Crippen molar-refractivity contribution in [1.29, 1.82) is 0 Å². The van der Waals surface area contributed by atoms with Gasteiger partial charge in [-0.3, -0.25) is 5.32 Å². The standard InChI is InChI=1S/C12H17NO3/c1-8-5-6-9(10(14)7-8)13-11(15)16-12(2,3)4/h5-7,14H,1-4H3,(H,13,15). The molecular weight excluding hydrogens is 206 g/mol. The number of hydrogen-bond acceptors (Lipinski definition) is 3. The molecular formula is C12H17NO3. The van der Waals surface area contributed by atoms with Gasteiger partial charge in [0.15, 0.2) is 0 Å². The molecule has 0 saturated heterocycles. The summed E-state index contributed by atoms with van der Waals surface area (Å²) in [5.41, 5.74) is 0.719. The molecule has 4 heteroatoms. The van der Waals surface area contributed by atoms with E-state index in [0.717, 1.165) is 5.56 Å². The van der Waals surface area contributed by atoms with Crippen LogP contribution in [0.3, 0.4) is 0 Å². The minimum absolute atomic E-state index is 0.0332. The van der Waals surface area contributed by atoms with Crippen molar-refractivity contribution >= 4 is 11.8 Å². The smallest absolute Gasteiger partial charge is 0.412 e. The molecule has 0 spiro atoms. The Kier molecular flexibility index (Phi) is 3.42. The second-order valence-corrected chi connectivity index (χ2v) is 4.65. The van der Waals surface area contributed by atoms with Crippen molar-refractivity contribution in [2.75, 3.05) is 5.32 Å². The average molecular weight is 223 g/mol. The van der Waals surface area contributed by atoms with Crippen LogP contribution in [-0.2, 0) is 4.74 Å². The first-order valence-electron chi connectivity index (χ1n) is 5.07. The first kappa shape index (κ1) is 12.4. The number of hydrogen-bond donors (Lipinski definition) is 2. The number of phenols is 1. The van der Waals surface area contributed by atoms with E-state index in [1.165, 1.54) is 0 Å². The Bertz CT molecular complexity index is 394. The van der Waals surface area contributed by atoms with Crippen LogP contribution in [0.4, 0.5) is 10.5 Å². The molecule has 4 nitrogen and oxygen atoms in total. The van der Waals surface area contributed by atoms with Gasteiger partial charge in [-0.05, 0) is 45.4 Å². The summed E-state index contributed by atoms with van der Waals surface area (Å²) in [7, 11) is 0. The van der Waals surface area contributed by atoms with Gasteiger partial charge in [0, 0.05) is 0 Å². The van der Waals surface area contributed by atoms with Crippen LogP contribution in [-0.4, -0.2) is 16.8 Å². The molecule has 1 amide bonds. The summed E-state index contributed by atoms with van der Waals surface area (Å²) >= 11 is 0. The monoisotopic (exact) mass is 223 g/mol. The molecule has 0 bridgehead atoms. The fraction of sp³-hybridized carbons (Fsp3) is 0.417. The van der Waals surface area contributed by atoms with Crippen molar-refractivity contribution in [2.45, 2.75) is 33.3 Å². The van der Waals surface area contributed by atoms with E-state index in [9.17, 15) is 9.90 Å². The van der Waals surface area contributed by atoms with Crippen LogP contribution < -0.4 is 5.32 Å². The Morgan fingerprint density at radius 2 is 2.00 bits per heavy atom. The van der Waals surface area contributed by atoms with Gasteiger partial charge in [0.05, 0.1) is 5.69 Å². The summed E-state index contributed by atoms with van der Waals surface area (Å²) < 4.78 is 5.07. The Morgan fingerprint density at radius 3 is 2.50 bits per heavy atom. The van der Waals surface area contributed by atoms with Crippen LogP contribution in [0, 0.1) is 6.92 Å². The van der Waals surface area contributed by atoms with Crippen molar-refractivity contribution in [3.8, 4) is 5.75 Å². The van der Waals surface area contributed by atoms with Crippen LogP contribution in [0.5, 0.6) is 5.75 Å². The van der Waals surface area contributed by atoms with Gasteiger partial charge in [0.2, 0.25) is 0 Å². The number of nitrogens with one attached hydrogen (secondary N) is 1. The molecule has 1 aromatic rings. The zero-order chi connectivity index (χ0) is 12.3. The molecule has 0 fully saturated rings. The fourth-order valence-electron chi connectivity index (χ4n) is 1.16. The van der Waals surface area contributed by atoms with E-state index in [-0.39, 0.29) is 5.75 Å². The van der Waals surface area contributed by atoms with E-state index < -0.39 is 11.7 Å². The minimum Gasteiger partial charge on any atom is -0.506 e. The molecule has 0 heterocycles. The van der Waals surface area contributed by atoms with Gasteiger partial charge in [0.25, 0.3) is 0 Å². The highest BCUT2D eigenvalue weighted by atomic mass is 16.6. The quantitative estimate of drug-likeness (QED) is 0.719. The Morgan fingerprint density at radius 1 is 1.38 bits per heavy atom. The van der Waals surface area contributed by atoms with Gasteiger partial charge in [-0.25, -0.2) is 4.79 Å². The van der Waals surface area contributed by atoms with Crippen molar-refractivity contribution in [1.82, 2.24) is 0 Å². The lowest BCUT2D eigenvalue weighted by Gasteiger charge is -2.19. The molecule has 16 heavy (non-hydrogen) atoms. The van der Waals surface area contributed by atoms with E-state index in [1.54, 1.807) is 39.0 Å². The molecule has 1 aromatic carbocycles. The molecule has 0 radical (unpaired) electrons. The number of carbonyl (C=O) groups is 1. The SMILES string of the molecule is Cc1ccc(NC(=O)OC(C)(C)C)c(O)c1. The molecule has 0 aliphatic carbocycles. The van der Waals surface area contributed by atoms with Crippen LogP contribution >= 0.6 is 0 Å². The summed E-state index contributed by atoms with van der Waals surface area (Å²) in [5, 5.41) is 12.1. The third kappa shape index (κ3) is 3.81. The zero-order valence-corrected chi connectivity index (χ0v) is 10.00. The highest BCUT2D eigenvalue weighted by Gasteiger charge is 2.16. The number of amides is 1. The number of carbonyl (C=O) groups excluding carboxylic acids is 1. The maximum Gasteiger partial charge on any atom is 0.412 e. The summed E-state index contributed by atoms with van der Waals surface area (Å²) in [6.07, 6.45) is -0.577. The van der Waals surface area contributed by atoms with Crippen molar-refractivity contribution in [3.05, 3.63) is 23.8 Å². The van der Waals surface area contributed by atoms with Crippen molar-refractivity contribution < 1.29 is 14.6 Å². The van der Waals surface area contributed by atoms with E-state index in [1.807, 2.05) is 6.92 Å². The van der Waals surface area contributed by atoms with Gasteiger partial charge >= 0.3 is 6.09 Å². The number of aromatic hydroxyl groups is 1. The van der Waals surface area contributed by atoms with Crippen molar-refractivity contribution in [3.63, 3.8) is 0 Å². The van der Waals surface area contributed by atoms with Crippen LogP contribution in [0.1, 0.15) is 26.3 Å². The van der Waals surface area contributed by atoms with Gasteiger partial charge < -0.3 is 9.84 Å². The summed E-state index contributed by atoms with van der Waals surface area (Å²) in [6.45, 7) is 7.20. The minimum atomic E-state index is -0.577. The molecule has 0 aliphatic rings. The topological polar surface area (TPSA) is 58.6 Å². The molecule has 88 valence electrons. The van der Waals surface area contributed by atoms with E-state index >= 15 is 0 Å². The number of aryl methyl sites for hydroxylation is 1. The number of anilines is 1. The van der Waals surface area contributed by atoms with Gasteiger partial charge in [-0.2, -0.15) is 0 Å². The number of ether oxygens (including phenoxy) is 1. The molecule has 0 atom stereocenters. The molecule has 0 saturated carbocycles. The normalized spacial score (nSPS) is 11.0. The van der Waals surface area contributed by atoms with Crippen LogP contribution in [0.15, 0.2) is 18.2 Å². The van der Waals surface area contributed by atoms with Gasteiger partial charge in [-0.15, -0.1) is 0 Å². The Labute approximate surface area is 95.2 Å². The number of rotatable bonds is 1.